The van der Waals surface area contributed by atoms with Crippen molar-refractivity contribution in [3.8, 4) is 0 Å². The number of carbonyl (C=O) groups excluding carboxylic acids is 2. The summed E-state index contributed by atoms with van der Waals surface area (Å²) >= 11 is 0. The molecule has 6 heteroatoms. The first-order valence-corrected chi connectivity index (χ1v) is 32.1. The zero-order chi connectivity index (χ0) is 51.4. The smallest absolute Gasteiger partial charge is 0.305 e. The summed E-state index contributed by atoms with van der Waals surface area (Å²) in [4.78, 5) is 24.5. The van der Waals surface area contributed by atoms with Gasteiger partial charge in [0, 0.05) is 12.8 Å². The SMILES string of the molecule is CCCCC/C=C\CCCCCCCC(=O)OCCCCCCCCCCCCCC/C=C\CCCCCCCCCCCCCCC(=O)NC(CO)C(O)CCCCCCCCCCCCCCCC. The summed E-state index contributed by atoms with van der Waals surface area (Å²) in [6.45, 7) is 4.95. The lowest BCUT2D eigenvalue weighted by molar-refractivity contribution is -0.143. The number of hydrogen-bond donors (Lipinski definition) is 3. The number of aliphatic hydroxyl groups is 2. The third kappa shape index (κ3) is 57.5. The quantitative estimate of drug-likeness (QED) is 0.0320. The number of hydrogen-bond acceptors (Lipinski definition) is 5. The first kappa shape index (κ1) is 69.3. The number of ether oxygens (including phenoxy) is 1. The molecular weight excluding hydrogens is 875 g/mol. The summed E-state index contributed by atoms with van der Waals surface area (Å²) in [7, 11) is 0. The van der Waals surface area contributed by atoms with E-state index in [1.165, 1.54) is 276 Å². The van der Waals surface area contributed by atoms with Crippen LogP contribution in [0.15, 0.2) is 24.3 Å². The highest BCUT2D eigenvalue weighted by atomic mass is 16.5. The molecular formula is C65H125NO5. The van der Waals surface area contributed by atoms with Gasteiger partial charge in [0.25, 0.3) is 0 Å². The van der Waals surface area contributed by atoms with Crippen molar-refractivity contribution >= 4 is 11.9 Å². The molecule has 0 aromatic heterocycles. The maximum absolute atomic E-state index is 12.5. The van der Waals surface area contributed by atoms with Crippen molar-refractivity contribution in [1.82, 2.24) is 5.32 Å². The summed E-state index contributed by atoms with van der Waals surface area (Å²) in [5, 5.41) is 23.3. The third-order valence-electron chi connectivity index (χ3n) is 15.0. The van der Waals surface area contributed by atoms with Gasteiger partial charge in [-0.3, -0.25) is 9.59 Å². The molecule has 0 rings (SSSR count). The van der Waals surface area contributed by atoms with Crippen LogP contribution in [0.1, 0.15) is 354 Å². The van der Waals surface area contributed by atoms with Crippen LogP contribution in [0, 0.1) is 0 Å². The summed E-state index contributed by atoms with van der Waals surface area (Å²) < 4.78 is 5.47. The van der Waals surface area contributed by atoms with E-state index in [0.29, 0.717) is 25.9 Å². The summed E-state index contributed by atoms with van der Waals surface area (Å²) in [6.07, 6.45) is 74.9. The molecule has 0 saturated carbocycles. The van der Waals surface area contributed by atoms with Crippen molar-refractivity contribution in [2.24, 2.45) is 0 Å². The Hall–Kier alpha value is -1.66. The van der Waals surface area contributed by atoms with Crippen molar-refractivity contribution in [3.05, 3.63) is 24.3 Å². The summed E-state index contributed by atoms with van der Waals surface area (Å²) in [6, 6.07) is -0.540. The molecule has 0 aromatic carbocycles. The van der Waals surface area contributed by atoms with Crippen LogP contribution in [0.25, 0.3) is 0 Å². The van der Waals surface area contributed by atoms with Crippen LogP contribution in [0.3, 0.4) is 0 Å². The minimum absolute atomic E-state index is 0.00597. The second-order valence-electron chi connectivity index (χ2n) is 22.1. The van der Waals surface area contributed by atoms with Crippen molar-refractivity contribution < 1.29 is 24.5 Å². The minimum atomic E-state index is -0.663. The predicted octanol–water partition coefficient (Wildman–Crippen LogP) is 20.2. The molecule has 2 atom stereocenters. The zero-order valence-electron chi connectivity index (χ0n) is 48.0. The standard InChI is InChI=1S/C65H125NO5/c1-3-5-7-9-11-13-15-17-34-37-41-45-49-53-57-63(68)62(61-67)66-64(69)58-54-50-46-42-38-35-32-30-28-26-24-22-20-18-19-21-23-25-27-29-31-33-36-40-44-48-52-56-60-71-65(70)59-55-51-47-43-39-16-14-12-10-8-6-4-2/h12,14,18-19,62-63,67-68H,3-11,13,15-17,20-61H2,1-2H3,(H,66,69)/b14-12-,19-18-. The molecule has 2 unspecified atom stereocenters. The van der Waals surface area contributed by atoms with Gasteiger partial charge in [-0.1, -0.05) is 289 Å². The molecule has 0 aliphatic carbocycles. The van der Waals surface area contributed by atoms with E-state index in [9.17, 15) is 19.8 Å². The van der Waals surface area contributed by atoms with E-state index in [4.69, 9.17) is 4.74 Å². The molecule has 0 radical (unpaired) electrons. The van der Waals surface area contributed by atoms with Gasteiger partial charge in [0.1, 0.15) is 0 Å². The first-order chi connectivity index (χ1) is 35.0. The lowest BCUT2D eigenvalue weighted by Crippen LogP contribution is -2.45. The van der Waals surface area contributed by atoms with Gasteiger partial charge in [-0.05, 0) is 77.0 Å². The van der Waals surface area contributed by atoms with E-state index < -0.39 is 12.1 Å². The van der Waals surface area contributed by atoms with Crippen LogP contribution in [-0.4, -0.2) is 47.4 Å². The molecule has 0 aromatic rings. The number of esters is 1. The lowest BCUT2D eigenvalue weighted by Gasteiger charge is -2.22. The molecule has 0 aliphatic heterocycles. The number of amides is 1. The largest absolute Gasteiger partial charge is 0.466 e. The Morgan fingerprint density at radius 2 is 0.662 bits per heavy atom. The number of aliphatic hydroxyl groups excluding tert-OH is 2. The fraction of sp³-hybridized carbons (Fsp3) is 0.908. The monoisotopic (exact) mass is 1000 g/mol. The van der Waals surface area contributed by atoms with Crippen LogP contribution < -0.4 is 5.32 Å². The first-order valence-electron chi connectivity index (χ1n) is 32.1. The van der Waals surface area contributed by atoms with Crippen LogP contribution in [0.5, 0.6) is 0 Å². The molecule has 0 heterocycles. The van der Waals surface area contributed by atoms with E-state index in [-0.39, 0.29) is 18.5 Å². The molecule has 71 heavy (non-hydrogen) atoms. The fourth-order valence-electron chi connectivity index (χ4n) is 10.0. The van der Waals surface area contributed by atoms with Crippen molar-refractivity contribution in [1.29, 1.82) is 0 Å². The summed E-state index contributed by atoms with van der Waals surface area (Å²) in [5.74, 6) is -0.0271. The average Bonchev–Trinajstić information content (AvgIpc) is 3.37. The maximum atomic E-state index is 12.5. The van der Waals surface area contributed by atoms with E-state index in [0.717, 1.165) is 44.9 Å². The number of nitrogens with one attached hydrogen (secondary N) is 1. The molecule has 3 N–H and O–H groups in total. The molecule has 0 spiro atoms. The minimum Gasteiger partial charge on any atom is -0.466 e. The Kier molecular flexibility index (Phi) is 59.5. The van der Waals surface area contributed by atoms with E-state index >= 15 is 0 Å². The average molecular weight is 1000 g/mol. The Morgan fingerprint density at radius 1 is 0.380 bits per heavy atom. The lowest BCUT2D eigenvalue weighted by atomic mass is 10.0. The molecule has 420 valence electrons. The topological polar surface area (TPSA) is 95.9 Å². The predicted molar refractivity (Wildman–Crippen MR) is 310 cm³/mol. The van der Waals surface area contributed by atoms with Crippen LogP contribution >= 0.6 is 0 Å². The van der Waals surface area contributed by atoms with Gasteiger partial charge in [0.05, 0.1) is 25.4 Å². The molecule has 0 fully saturated rings. The van der Waals surface area contributed by atoms with Crippen LogP contribution in [0.2, 0.25) is 0 Å². The van der Waals surface area contributed by atoms with Gasteiger partial charge < -0.3 is 20.3 Å². The molecule has 1 amide bonds. The summed E-state index contributed by atoms with van der Waals surface area (Å²) in [5.41, 5.74) is 0. The van der Waals surface area contributed by atoms with E-state index in [1.54, 1.807) is 0 Å². The van der Waals surface area contributed by atoms with Crippen molar-refractivity contribution in [2.75, 3.05) is 13.2 Å². The van der Waals surface area contributed by atoms with E-state index in [1.807, 2.05) is 0 Å². The van der Waals surface area contributed by atoms with Crippen molar-refractivity contribution in [3.63, 3.8) is 0 Å². The molecule has 0 aliphatic rings. The van der Waals surface area contributed by atoms with Gasteiger partial charge in [-0.2, -0.15) is 0 Å². The van der Waals surface area contributed by atoms with Crippen LogP contribution in [0.4, 0.5) is 0 Å². The van der Waals surface area contributed by atoms with E-state index in [2.05, 4.69) is 43.5 Å². The molecule has 6 nitrogen and oxygen atoms in total. The van der Waals surface area contributed by atoms with Gasteiger partial charge >= 0.3 is 5.97 Å². The highest BCUT2D eigenvalue weighted by Gasteiger charge is 2.20. The van der Waals surface area contributed by atoms with Crippen molar-refractivity contribution in [2.45, 2.75) is 366 Å². The zero-order valence-corrected chi connectivity index (χ0v) is 48.0. The molecule has 0 bridgehead atoms. The number of allylic oxidation sites excluding steroid dienone is 4. The van der Waals surface area contributed by atoms with Crippen LogP contribution in [-0.2, 0) is 14.3 Å². The van der Waals surface area contributed by atoms with Gasteiger partial charge in [0.15, 0.2) is 0 Å². The number of rotatable bonds is 60. The Morgan fingerprint density at radius 3 is 1.03 bits per heavy atom. The normalized spacial score (nSPS) is 12.7. The second-order valence-corrected chi connectivity index (χ2v) is 22.1. The Balaban J connectivity index is 3.37. The highest BCUT2D eigenvalue weighted by molar-refractivity contribution is 5.76. The Labute approximate surface area is 443 Å². The molecule has 0 saturated heterocycles. The Bertz CT molecular complexity index is 1110. The number of unbranched alkanes of at least 4 members (excludes halogenated alkanes) is 45. The van der Waals surface area contributed by atoms with Gasteiger partial charge in [-0.25, -0.2) is 0 Å². The van der Waals surface area contributed by atoms with Gasteiger partial charge in [-0.15, -0.1) is 0 Å². The maximum Gasteiger partial charge on any atom is 0.305 e. The highest BCUT2D eigenvalue weighted by Crippen LogP contribution is 2.18. The third-order valence-corrected chi connectivity index (χ3v) is 15.0. The van der Waals surface area contributed by atoms with Gasteiger partial charge in [0.2, 0.25) is 5.91 Å². The second kappa shape index (κ2) is 60.9. The number of carbonyl (C=O) groups is 2. The fourth-order valence-corrected chi connectivity index (χ4v) is 10.0.